The molecular formula is C38H50O5. The Morgan fingerprint density at radius 3 is 1.70 bits per heavy atom. The van der Waals surface area contributed by atoms with Crippen LogP contribution < -0.4 is 9.47 Å². The molecule has 232 valence electrons. The van der Waals surface area contributed by atoms with Crippen molar-refractivity contribution in [3.05, 3.63) is 95.1 Å². The maximum Gasteiger partial charge on any atom is 0.343 e. The molecule has 0 saturated carbocycles. The molecular weight excluding hydrogens is 536 g/mol. The van der Waals surface area contributed by atoms with Gasteiger partial charge in [-0.15, -0.1) is 0 Å². The number of unbranched alkanes of at least 4 members (excludes halogenated alkanes) is 8. The zero-order valence-electron chi connectivity index (χ0n) is 26.4. The zero-order chi connectivity index (χ0) is 30.7. The maximum absolute atomic E-state index is 12.7. The predicted octanol–water partition coefficient (Wildman–Crippen LogP) is 9.95. The summed E-state index contributed by atoms with van der Waals surface area (Å²) in [6, 6.07) is 22.4. The maximum atomic E-state index is 12.7. The summed E-state index contributed by atoms with van der Waals surface area (Å²) in [6.07, 6.45) is 14.7. The molecule has 0 N–H and O–H groups in total. The third-order valence-corrected chi connectivity index (χ3v) is 7.65. The van der Waals surface area contributed by atoms with Gasteiger partial charge in [-0.05, 0) is 98.7 Å². The Balaban J connectivity index is 1.38. The second-order valence-electron chi connectivity index (χ2n) is 11.4. The van der Waals surface area contributed by atoms with Crippen LogP contribution in [0.3, 0.4) is 0 Å². The second kappa shape index (κ2) is 19.6. The average Bonchev–Trinajstić information content (AvgIpc) is 3.03. The standard InChI is InChI=1S/C38H50O5/c1-4-6-8-10-11-13-29-41-35-25-19-32(20-26-35)16-15-31-17-21-33(22-18-31)38(40)43-36-27-23-34(24-28-36)37(39)42-30(3)14-12-9-7-5-2/h17-28,30H,4-16,29H2,1-3H3/t30-/m1/s1. The van der Waals surface area contributed by atoms with Gasteiger partial charge in [0.1, 0.15) is 11.5 Å². The van der Waals surface area contributed by atoms with Crippen molar-refractivity contribution in [2.24, 2.45) is 0 Å². The third kappa shape index (κ3) is 13.1. The lowest BCUT2D eigenvalue weighted by molar-refractivity contribution is 0.0319. The van der Waals surface area contributed by atoms with Gasteiger partial charge in [-0.25, -0.2) is 9.59 Å². The fourth-order valence-corrected chi connectivity index (χ4v) is 4.91. The molecule has 0 aromatic heterocycles. The summed E-state index contributed by atoms with van der Waals surface area (Å²) in [5.41, 5.74) is 3.34. The molecule has 3 aromatic rings. The lowest BCUT2D eigenvalue weighted by Gasteiger charge is -2.13. The van der Waals surface area contributed by atoms with E-state index in [1.165, 1.54) is 50.5 Å². The Morgan fingerprint density at radius 1 is 0.581 bits per heavy atom. The van der Waals surface area contributed by atoms with Crippen molar-refractivity contribution >= 4 is 11.9 Å². The van der Waals surface area contributed by atoms with Crippen molar-refractivity contribution < 1.29 is 23.8 Å². The van der Waals surface area contributed by atoms with Gasteiger partial charge in [0.05, 0.1) is 23.8 Å². The minimum Gasteiger partial charge on any atom is -0.494 e. The molecule has 0 radical (unpaired) electrons. The number of benzene rings is 3. The van der Waals surface area contributed by atoms with E-state index in [1.807, 2.05) is 19.1 Å². The van der Waals surface area contributed by atoms with E-state index in [9.17, 15) is 9.59 Å². The third-order valence-electron chi connectivity index (χ3n) is 7.65. The largest absolute Gasteiger partial charge is 0.494 e. The summed E-state index contributed by atoms with van der Waals surface area (Å²) in [6.45, 7) is 7.12. The summed E-state index contributed by atoms with van der Waals surface area (Å²) in [5.74, 6) is 0.526. The molecule has 43 heavy (non-hydrogen) atoms. The molecule has 0 amide bonds. The average molecular weight is 587 g/mol. The minimum absolute atomic E-state index is 0.121. The van der Waals surface area contributed by atoms with Crippen LogP contribution in [0.25, 0.3) is 0 Å². The van der Waals surface area contributed by atoms with E-state index in [2.05, 4.69) is 38.1 Å². The van der Waals surface area contributed by atoms with Gasteiger partial charge >= 0.3 is 11.9 Å². The molecule has 0 heterocycles. The van der Waals surface area contributed by atoms with Gasteiger partial charge in [0.15, 0.2) is 0 Å². The van der Waals surface area contributed by atoms with Gasteiger partial charge < -0.3 is 14.2 Å². The Bertz CT molecular complexity index is 1200. The van der Waals surface area contributed by atoms with Crippen LogP contribution in [-0.4, -0.2) is 24.6 Å². The lowest BCUT2D eigenvalue weighted by Crippen LogP contribution is -2.15. The van der Waals surface area contributed by atoms with E-state index in [-0.39, 0.29) is 12.1 Å². The molecule has 0 fully saturated rings. The van der Waals surface area contributed by atoms with E-state index in [0.29, 0.717) is 16.9 Å². The number of hydrogen-bond donors (Lipinski definition) is 0. The van der Waals surface area contributed by atoms with Gasteiger partial charge in [0.2, 0.25) is 0 Å². The number of aryl methyl sites for hydroxylation is 2. The predicted molar refractivity (Wildman–Crippen MR) is 174 cm³/mol. The number of carbonyl (C=O) groups excluding carboxylic acids is 2. The molecule has 0 saturated heterocycles. The molecule has 3 aromatic carbocycles. The minimum atomic E-state index is -0.431. The number of ether oxygens (including phenoxy) is 3. The van der Waals surface area contributed by atoms with Crippen molar-refractivity contribution in [2.75, 3.05) is 6.61 Å². The molecule has 5 heteroatoms. The highest BCUT2D eigenvalue weighted by Crippen LogP contribution is 2.19. The Hall–Kier alpha value is -3.60. The summed E-state index contributed by atoms with van der Waals surface area (Å²) in [4.78, 5) is 25.1. The molecule has 0 bridgehead atoms. The normalized spacial score (nSPS) is 11.6. The Kier molecular flexibility index (Phi) is 15.4. The summed E-state index contributed by atoms with van der Waals surface area (Å²) < 4.78 is 17.0. The number of carbonyl (C=O) groups is 2. The quantitative estimate of drug-likeness (QED) is 0.0749. The first-order chi connectivity index (χ1) is 21.0. The SMILES string of the molecule is CCCCCCCCOc1ccc(CCc2ccc(C(=O)Oc3ccc(C(=O)O[C@H](C)CCCCCC)cc3)cc2)cc1. The van der Waals surface area contributed by atoms with Crippen LogP contribution >= 0.6 is 0 Å². The molecule has 0 aliphatic carbocycles. The molecule has 0 aliphatic heterocycles. The number of hydrogen-bond acceptors (Lipinski definition) is 5. The fourth-order valence-electron chi connectivity index (χ4n) is 4.91. The molecule has 3 rings (SSSR count). The van der Waals surface area contributed by atoms with Crippen molar-refractivity contribution in [1.82, 2.24) is 0 Å². The van der Waals surface area contributed by atoms with Gasteiger partial charge in [-0.3, -0.25) is 0 Å². The van der Waals surface area contributed by atoms with Crippen LogP contribution in [0, 0.1) is 0 Å². The van der Waals surface area contributed by atoms with Crippen LogP contribution in [0.5, 0.6) is 11.5 Å². The lowest BCUT2D eigenvalue weighted by atomic mass is 10.0. The first-order valence-electron chi connectivity index (χ1n) is 16.3. The van der Waals surface area contributed by atoms with Gasteiger partial charge in [-0.1, -0.05) is 89.5 Å². The van der Waals surface area contributed by atoms with E-state index in [4.69, 9.17) is 14.2 Å². The molecule has 0 unspecified atom stereocenters. The molecule has 1 atom stereocenters. The van der Waals surface area contributed by atoms with Crippen LogP contribution in [0.1, 0.15) is 123 Å². The number of esters is 2. The Morgan fingerprint density at radius 2 is 1.07 bits per heavy atom. The van der Waals surface area contributed by atoms with Crippen molar-refractivity contribution in [2.45, 2.75) is 110 Å². The van der Waals surface area contributed by atoms with Crippen molar-refractivity contribution in [3.63, 3.8) is 0 Å². The highest BCUT2D eigenvalue weighted by Gasteiger charge is 2.14. The molecule has 5 nitrogen and oxygen atoms in total. The van der Waals surface area contributed by atoms with Crippen LogP contribution in [0.15, 0.2) is 72.8 Å². The number of rotatable bonds is 20. The summed E-state index contributed by atoms with van der Waals surface area (Å²) in [7, 11) is 0. The highest BCUT2D eigenvalue weighted by atomic mass is 16.5. The van der Waals surface area contributed by atoms with E-state index >= 15 is 0 Å². The van der Waals surface area contributed by atoms with Crippen molar-refractivity contribution in [1.29, 1.82) is 0 Å². The van der Waals surface area contributed by atoms with Crippen LogP contribution in [-0.2, 0) is 17.6 Å². The smallest absolute Gasteiger partial charge is 0.343 e. The summed E-state index contributed by atoms with van der Waals surface area (Å²) >= 11 is 0. The van der Waals surface area contributed by atoms with Gasteiger partial charge in [0.25, 0.3) is 0 Å². The van der Waals surface area contributed by atoms with Gasteiger partial charge in [-0.2, -0.15) is 0 Å². The highest BCUT2D eigenvalue weighted by molar-refractivity contribution is 5.92. The second-order valence-corrected chi connectivity index (χ2v) is 11.4. The fraction of sp³-hybridized carbons (Fsp3) is 0.474. The monoisotopic (exact) mass is 586 g/mol. The van der Waals surface area contributed by atoms with E-state index in [0.717, 1.165) is 56.4 Å². The topological polar surface area (TPSA) is 61.8 Å². The summed E-state index contributed by atoms with van der Waals surface area (Å²) in [5, 5.41) is 0. The van der Waals surface area contributed by atoms with Crippen LogP contribution in [0.4, 0.5) is 0 Å². The van der Waals surface area contributed by atoms with Gasteiger partial charge in [0, 0.05) is 0 Å². The van der Waals surface area contributed by atoms with Crippen LogP contribution in [0.2, 0.25) is 0 Å². The van der Waals surface area contributed by atoms with E-state index in [1.54, 1.807) is 36.4 Å². The zero-order valence-corrected chi connectivity index (χ0v) is 26.4. The first-order valence-corrected chi connectivity index (χ1v) is 16.3. The van der Waals surface area contributed by atoms with E-state index < -0.39 is 5.97 Å². The molecule has 0 aliphatic rings. The Labute approximate surface area is 259 Å². The molecule has 0 spiro atoms. The first kappa shape index (κ1) is 33.9. The van der Waals surface area contributed by atoms with Crippen molar-refractivity contribution in [3.8, 4) is 11.5 Å².